The lowest BCUT2D eigenvalue weighted by Crippen LogP contribution is -2.31. The Balaban J connectivity index is 1.29. The molecular formula is C26H25N3O7. The van der Waals surface area contributed by atoms with Gasteiger partial charge in [0.2, 0.25) is 17.7 Å². The summed E-state index contributed by atoms with van der Waals surface area (Å²) in [6.45, 7) is 1.64. The first-order valence-corrected chi connectivity index (χ1v) is 12.0. The number of anilines is 2. The lowest BCUT2D eigenvalue weighted by Gasteiger charge is -2.19. The van der Waals surface area contributed by atoms with E-state index < -0.39 is 16.8 Å². The van der Waals surface area contributed by atoms with Gasteiger partial charge in [0.05, 0.1) is 34.1 Å². The summed E-state index contributed by atoms with van der Waals surface area (Å²) in [7, 11) is 0. The molecule has 5 rings (SSSR count). The van der Waals surface area contributed by atoms with E-state index in [1.165, 1.54) is 21.9 Å². The number of benzene rings is 2. The number of rotatable bonds is 5. The quantitative estimate of drug-likeness (QED) is 0.206. The van der Waals surface area contributed by atoms with E-state index in [0.29, 0.717) is 29.8 Å². The Morgan fingerprint density at radius 1 is 1.00 bits per heavy atom. The zero-order valence-corrected chi connectivity index (χ0v) is 19.7. The van der Waals surface area contributed by atoms with Gasteiger partial charge in [-0.2, -0.15) is 0 Å². The SMILES string of the molecule is Cc1ccc(N2C[C@H](C(=O)Oc3cccc(N4C(=O)[C@H]5CCCC[C@@H]5C4=O)c3)CC2=O)cc1[N+](=O)[O-]. The molecule has 3 aliphatic rings. The van der Waals surface area contributed by atoms with Gasteiger partial charge in [-0.15, -0.1) is 0 Å². The Morgan fingerprint density at radius 3 is 2.36 bits per heavy atom. The Bertz CT molecular complexity index is 1270. The van der Waals surface area contributed by atoms with E-state index in [1.807, 2.05) is 0 Å². The monoisotopic (exact) mass is 491 g/mol. The fourth-order valence-corrected chi connectivity index (χ4v) is 5.38. The summed E-state index contributed by atoms with van der Waals surface area (Å²) >= 11 is 0. The highest BCUT2D eigenvalue weighted by atomic mass is 16.6. The van der Waals surface area contributed by atoms with E-state index in [2.05, 4.69) is 0 Å². The molecule has 3 amide bonds. The lowest BCUT2D eigenvalue weighted by atomic mass is 9.81. The summed E-state index contributed by atoms with van der Waals surface area (Å²) in [4.78, 5) is 64.6. The average molecular weight is 492 g/mol. The van der Waals surface area contributed by atoms with Crippen molar-refractivity contribution in [2.75, 3.05) is 16.3 Å². The van der Waals surface area contributed by atoms with E-state index in [4.69, 9.17) is 4.74 Å². The third kappa shape index (κ3) is 4.12. The molecule has 10 nitrogen and oxygen atoms in total. The summed E-state index contributed by atoms with van der Waals surface area (Å²) in [5.41, 5.74) is 1.08. The molecule has 3 fully saturated rings. The third-order valence-electron chi connectivity index (χ3n) is 7.29. The van der Waals surface area contributed by atoms with Crippen LogP contribution in [-0.4, -0.2) is 35.2 Å². The maximum Gasteiger partial charge on any atom is 0.316 e. The van der Waals surface area contributed by atoms with Crippen LogP contribution in [0.25, 0.3) is 0 Å². The molecule has 1 saturated carbocycles. The Kier molecular flexibility index (Phi) is 6.03. The van der Waals surface area contributed by atoms with Crippen molar-refractivity contribution >= 4 is 40.8 Å². The van der Waals surface area contributed by atoms with E-state index in [1.54, 1.807) is 37.3 Å². The van der Waals surface area contributed by atoms with Gasteiger partial charge in [-0.3, -0.25) is 29.3 Å². The molecule has 0 unspecified atom stereocenters. The number of imide groups is 1. The Labute approximate surface area is 207 Å². The maximum atomic E-state index is 12.9. The van der Waals surface area contributed by atoms with Crippen LogP contribution in [0.3, 0.4) is 0 Å². The van der Waals surface area contributed by atoms with Gasteiger partial charge < -0.3 is 9.64 Å². The molecule has 1 aliphatic carbocycles. The predicted molar refractivity (Wildman–Crippen MR) is 128 cm³/mol. The molecule has 0 spiro atoms. The number of ether oxygens (including phenoxy) is 1. The van der Waals surface area contributed by atoms with Gasteiger partial charge in [-0.05, 0) is 38.0 Å². The maximum absolute atomic E-state index is 12.9. The normalized spacial score (nSPS) is 23.7. The summed E-state index contributed by atoms with van der Waals surface area (Å²) < 4.78 is 5.53. The van der Waals surface area contributed by atoms with Gasteiger partial charge in [0.25, 0.3) is 5.69 Å². The van der Waals surface area contributed by atoms with Crippen molar-refractivity contribution in [1.29, 1.82) is 0 Å². The van der Waals surface area contributed by atoms with Crippen molar-refractivity contribution in [3.05, 3.63) is 58.1 Å². The number of aryl methyl sites for hydroxylation is 1. The minimum absolute atomic E-state index is 0.0318. The highest BCUT2D eigenvalue weighted by Crippen LogP contribution is 2.40. The van der Waals surface area contributed by atoms with Crippen molar-refractivity contribution in [3.63, 3.8) is 0 Å². The molecule has 2 heterocycles. The predicted octanol–water partition coefficient (Wildman–Crippen LogP) is 3.54. The van der Waals surface area contributed by atoms with Gasteiger partial charge in [0.1, 0.15) is 5.75 Å². The molecule has 2 aromatic rings. The number of fused-ring (bicyclic) bond motifs is 1. The minimum atomic E-state index is -0.764. The second-order valence-corrected chi connectivity index (χ2v) is 9.56. The first-order valence-electron chi connectivity index (χ1n) is 12.0. The first-order chi connectivity index (χ1) is 17.2. The van der Waals surface area contributed by atoms with Gasteiger partial charge in [0.15, 0.2) is 0 Å². The van der Waals surface area contributed by atoms with Crippen LogP contribution in [0.1, 0.15) is 37.7 Å². The Morgan fingerprint density at radius 2 is 1.69 bits per heavy atom. The molecule has 0 N–H and O–H groups in total. The van der Waals surface area contributed by atoms with Crippen LogP contribution in [0.5, 0.6) is 5.75 Å². The minimum Gasteiger partial charge on any atom is -0.426 e. The van der Waals surface area contributed by atoms with Gasteiger partial charge in [0, 0.05) is 30.7 Å². The first kappa shape index (κ1) is 23.7. The second-order valence-electron chi connectivity index (χ2n) is 9.56. The van der Waals surface area contributed by atoms with Crippen molar-refractivity contribution in [2.45, 2.75) is 39.0 Å². The molecule has 0 bridgehead atoms. The van der Waals surface area contributed by atoms with E-state index in [9.17, 15) is 29.3 Å². The number of hydrogen-bond acceptors (Lipinski definition) is 7. The smallest absolute Gasteiger partial charge is 0.316 e. The van der Waals surface area contributed by atoms with Gasteiger partial charge in [-0.25, -0.2) is 4.90 Å². The fraction of sp³-hybridized carbons (Fsp3) is 0.385. The third-order valence-corrected chi connectivity index (χ3v) is 7.29. The molecule has 36 heavy (non-hydrogen) atoms. The summed E-state index contributed by atoms with van der Waals surface area (Å²) in [6.07, 6.45) is 3.18. The number of amides is 3. The van der Waals surface area contributed by atoms with E-state index >= 15 is 0 Å². The molecule has 0 aromatic heterocycles. The summed E-state index contributed by atoms with van der Waals surface area (Å²) in [6, 6.07) is 10.8. The number of nitro benzene ring substituents is 1. The number of carbonyl (C=O) groups excluding carboxylic acids is 4. The number of esters is 1. The van der Waals surface area contributed by atoms with Crippen molar-refractivity contribution < 1.29 is 28.8 Å². The van der Waals surface area contributed by atoms with Crippen LogP contribution in [0.2, 0.25) is 0 Å². The number of nitrogens with zero attached hydrogens (tertiary/aromatic N) is 3. The van der Waals surface area contributed by atoms with E-state index in [0.717, 1.165) is 12.8 Å². The highest BCUT2D eigenvalue weighted by Gasteiger charge is 2.48. The molecule has 186 valence electrons. The van der Waals surface area contributed by atoms with Crippen LogP contribution < -0.4 is 14.5 Å². The highest BCUT2D eigenvalue weighted by molar-refractivity contribution is 6.22. The molecule has 2 aromatic carbocycles. The van der Waals surface area contributed by atoms with Crippen LogP contribution in [0.4, 0.5) is 17.1 Å². The van der Waals surface area contributed by atoms with Crippen LogP contribution in [-0.2, 0) is 19.2 Å². The van der Waals surface area contributed by atoms with Crippen LogP contribution in [0.15, 0.2) is 42.5 Å². The zero-order chi connectivity index (χ0) is 25.6. The van der Waals surface area contributed by atoms with Crippen molar-refractivity contribution in [1.82, 2.24) is 0 Å². The lowest BCUT2D eigenvalue weighted by molar-refractivity contribution is -0.385. The average Bonchev–Trinajstić information content (AvgIpc) is 3.37. The Hall–Kier alpha value is -4.08. The molecule has 2 saturated heterocycles. The number of hydrogen-bond donors (Lipinski definition) is 0. The molecule has 3 atom stereocenters. The van der Waals surface area contributed by atoms with Crippen LogP contribution >= 0.6 is 0 Å². The molecule has 0 radical (unpaired) electrons. The van der Waals surface area contributed by atoms with Gasteiger partial charge in [-0.1, -0.05) is 25.0 Å². The van der Waals surface area contributed by atoms with Gasteiger partial charge >= 0.3 is 5.97 Å². The van der Waals surface area contributed by atoms with Crippen molar-refractivity contribution in [3.8, 4) is 5.75 Å². The number of nitro groups is 1. The van der Waals surface area contributed by atoms with Crippen molar-refractivity contribution in [2.24, 2.45) is 17.8 Å². The largest absolute Gasteiger partial charge is 0.426 e. The fourth-order valence-electron chi connectivity index (χ4n) is 5.38. The molecule has 10 heteroatoms. The summed E-state index contributed by atoms with van der Waals surface area (Å²) in [5, 5.41) is 11.3. The topological polar surface area (TPSA) is 127 Å². The number of carbonyl (C=O) groups is 4. The molecular weight excluding hydrogens is 466 g/mol. The second kappa shape index (κ2) is 9.18. The zero-order valence-electron chi connectivity index (χ0n) is 19.7. The summed E-state index contributed by atoms with van der Waals surface area (Å²) in [5.74, 6) is -2.55. The standard InChI is InChI=1S/C26H25N3O7/c1-15-9-10-17(13-22(15)29(34)35)27-14-16(11-23(27)30)26(33)36-19-6-4-5-18(12-19)28-24(31)20-7-2-3-8-21(20)25(28)32/h4-6,9-10,12-13,16,20-21H,2-3,7-8,11,14H2,1H3/t16-,20+,21+/m1/s1. The van der Waals surface area contributed by atoms with E-state index in [-0.39, 0.29) is 54.0 Å². The molecule has 2 aliphatic heterocycles. The van der Waals surface area contributed by atoms with Crippen LogP contribution in [0, 0.1) is 34.8 Å².